The van der Waals surface area contributed by atoms with Gasteiger partial charge in [-0.15, -0.1) is 0 Å². The number of sulfonamides is 1. The topological polar surface area (TPSA) is 97.6 Å². The van der Waals surface area contributed by atoms with Crippen molar-refractivity contribution in [3.63, 3.8) is 0 Å². The van der Waals surface area contributed by atoms with E-state index in [-0.39, 0.29) is 11.5 Å². The van der Waals surface area contributed by atoms with Crippen LogP contribution < -0.4 is 10.3 Å². The molecule has 1 aromatic heterocycles. The van der Waals surface area contributed by atoms with Gasteiger partial charge in [0.15, 0.2) is 0 Å². The normalized spacial score (nSPS) is 13.1. The molecule has 0 radical (unpaired) electrons. The van der Waals surface area contributed by atoms with E-state index in [4.69, 9.17) is 11.6 Å². The molecule has 2 atom stereocenters. The lowest BCUT2D eigenvalue weighted by molar-refractivity contribution is 0.587. The SMILES string of the molecule is Cc1cc(Cl)ccc1C(CC(N=O)c1ccc(=O)n(C)c1)c1ccc(-c2ccc(NS(C)(=O)=O)cc2)cc1. The minimum atomic E-state index is -3.34. The molecule has 0 aliphatic carbocycles. The van der Waals surface area contributed by atoms with Gasteiger partial charge in [0.1, 0.15) is 6.04 Å². The van der Waals surface area contributed by atoms with E-state index < -0.39 is 16.1 Å². The van der Waals surface area contributed by atoms with Crippen LogP contribution in [0.5, 0.6) is 0 Å². The van der Waals surface area contributed by atoms with Gasteiger partial charge in [0.25, 0.3) is 0 Å². The highest BCUT2D eigenvalue weighted by Crippen LogP contribution is 2.38. The van der Waals surface area contributed by atoms with Crippen molar-refractivity contribution in [2.45, 2.75) is 25.3 Å². The van der Waals surface area contributed by atoms with Crippen molar-refractivity contribution < 1.29 is 8.42 Å². The van der Waals surface area contributed by atoms with E-state index in [1.54, 1.807) is 31.4 Å². The first-order valence-corrected chi connectivity index (χ1v) is 14.2. The Morgan fingerprint density at radius 2 is 1.53 bits per heavy atom. The van der Waals surface area contributed by atoms with Gasteiger partial charge in [-0.2, -0.15) is 4.91 Å². The molecule has 9 heteroatoms. The molecule has 38 heavy (non-hydrogen) atoms. The molecule has 1 heterocycles. The summed E-state index contributed by atoms with van der Waals surface area (Å²) < 4.78 is 26.9. The van der Waals surface area contributed by atoms with Crippen LogP contribution in [0.1, 0.15) is 40.6 Å². The van der Waals surface area contributed by atoms with Gasteiger partial charge in [-0.05, 0) is 77.1 Å². The summed E-state index contributed by atoms with van der Waals surface area (Å²) in [5.41, 5.74) is 5.98. The quantitative estimate of drug-likeness (QED) is 0.244. The maximum Gasteiger partial charge on any atom is 0.250 e. The summed E-state index contributed by atoms with van der Waals surface area (Å²) in [6.07, 6.45) is 3.18. The van der Waals surface area contributed by atoms with E-state index in [0.29, 0.717) is 22.7 Å². The highest BCUT2D eigenvalue weighted by Gasteiger charge is 2.24. The number of nitrogens with zero attached hydrogens (tertiary/aromatic N) is 2. The summed E-state index contributed by atoms with van der Waals surface area (Å²) >= 11 is 6.23. The number of aromatic nitrogens is 1. The van der Waals surface area contributed by atoms with Crippen molar-refractivity contribution in [2.24, 2.45) is 12.2 Å². The van der Waals surface area contributed by atoms with Crippen molar-refractivity contribution in [2.75, 3.05) is 11.0 Å². The first-order valence-electron chi connectivity index (χ1n) is 12.0. The number of benzene rings is 3. The van der Waals surface area contributed by atoms with Crippen LogP contribution in [0.2, 0.25) is 5.02 Å². The van der Waals surface area contributed by atoms with Crippen molar-refractivity contribution >= 4 is 27.3 Å². The standard InChI is InChI=1S/C29H28ClN3O4S/c1-19-16-24(30)11-14-26(19)27(17-28(31-35)23-10-15-29(34)33(2)18-23)22-6-4-20(5-7-22)21-8-12-25(13-9-21)32-38(3,36)37/h4-16,18,27-28,32H,17H2,1-3H3. The fourth-order valence-electron chi connectivity index (χ4n) is 4.60. The zero-order chi connectivity index (χ0) is 27.4. The third-order valence-corrected chi connectivity index (χ3v) is 7.36. The minimum Gasteiger partial charge on any atom is -0.318 e. The molecular formula is C29H28ClN3O4S. The molecular weight excluding hydrogens is 522 g/mol. The van der Waals surface area contributed by atoms with Gasteiger partial charge in [0.2, 0.25) is 15.6 Å². The molecule has 0 aliphatic heterocycles. The van der Waals surface area contributed by atoms with Crippen molar-refractivity contribution in [3.8, 4) is 11.1 Å². The van der Waals surface area contributed by atoms with Crippen LogP contribution in [-0.2, 0) is 17.1 Å². The fourth-order valence-corrected chi connectivity index (χ4v) is 5.39. The number of hydrogen-bond acceptors (Lipinski definition) is 5. The van der Waals surface area contributed by atoms with Crippen LogP contribution in [0.15, 0.2) is 95.0 Å². The second kappa shape index (κ2) is 11.3. The summed E-state index contributed by atoms with van der Waals surface area (Å²) in [4.78, 5) is 23.9. The molecule has 0 fully saturated rings. The second-order valence-electron chi connectivity index (χ2n) is 9.40. The molecule has 0 saturated carbocycles. The van der Waals surface area contributed by atoms with Gasteiger partial charge >= 0.3 is 0 Å². The van der Waals surface area contributed by atoms with Crippen LogP contribution in [0, 0.1) is 11.8 Å². The van der Waals surface area contributed by atoms with Gasteiger partial charge in [-0.25, -0.2) is 8.42 Å². The van der Waals surface area contributed by atoms with E-state index >= 15 is 0 Å². The number of halogens is 1. The smallest absolute Gasteiger partial charge is 0.250 e. The molecule has 4 rings (SSSR count). The third kappa shape index (κ3) is 6.57. The highest BCUT2D eigenvalue weighted by atomic mass is 35.5. The van der Waals surface area contributed by atoms with Crippen LogP contribution >= 0.6 is 11.6 Å². The Morgan fingerprint density at radius 3 is 2.08 bits per heavy atom. The average molecular weight is 550 g/mol. The zero-order valence-electron chi connectivity index (χ0n) is 21.3. The molecule has 196 valence electrons. The number of hydrogen-bond donors (Lipinski definition) is 1. The lowest BCUT2D eigenvalue weighted by atomic mass is 9.82. The molecule has 0 saturated heterocycles. The molecule has 0 bridgehead atoms. The number of rotatable bonds is 9. The molecule has 0 spiro atoms. The van der Waals surface area contributed by atoms with Crippen LogP contribution in [0.3, 0.4) is 0 Å². The van der Waals surface area contributed by atoms with E-state index in [2.05, 4.69) is 9.90 Å². The average Bonchev–Trinajstić information content (AvgIpc) is 2.87. The van der Waals surface area contributed by atoms with Crippen LogP contribution in [0.4, 0.5) is 5.69 Å². The van der Waals surface area contributed by atoms with Gasteiger partial charge < -0.3 is 4.57 Å². The maximum absolute atomic E-state index is 12.0. The molecule has 0 amide bonds. The second-order valence-corrected chi connectivity index (χ2v) is 11.6. The summed E-state index contributed by atoms with van der Waals surface area (Å²) in [6.45, 7) is 1.99. The predicted octanol–water partition coefficient (Wildman–Crippen LogP) is 6.42. The van der Waals surface area contributed by atoms with Crippen LogP contribution in [-0.4, -0.2) is 19.2 Å². The largest absolute Gasteiger partial charge is 0.318 e. The van der Waals surface area contributed by atoms with Crippen molar-refractivity contribution in [1.82, 2.24) is 4.57 Å². The Labute approximate surface area is 227 Å². The summed E-state index contributed by atoms with van der Waals surface area (Å²) in [6, 6.07) is 23.4. The van der Waals surface area contributed by atoms with E-state index in [1.807, 2.05) is 61.5 Å². The molecule has 7 nitrogen and oxygen atoms in total. The van der Waals surface area contributed by atoms with Crippen molar-refractivity contribution in [3.05, 3.63) is 128 Å². The zero-order valence-corrected chi connectivity index (χ0v) is 22.8. The van der Waals surface area contributed by atoms with Gasteiger partial charge in [-0.1, -0.05) is 59.2 Å². The van der Waals surface area contributed by atoms with Gasteiger partial charge in [0.05, 0.1) is 6.26 Å². The molecule has 3 aromatic carbocycles. The first-order chi connectivity index (χ1) is 18.0. The molecule has 4 aromatic rings. The monoisotopic (exact) mass is 549 g/mol. The molecule has 2 unspecified atom stereocenters. The van der Waals surface area contributed by atoms with Crippen molar-refractivity contribution in [1.29, 1.82) is 0 Å². The fraction of sp³-hybridized carbons (Fsp3) is 0.207. The third-order valence-electron chi connectivity index (χ3n) is 6.52. The molecule has 0 aliphatic rings. The predicted molar refractivity (Wildman–Crippen MR) is 153 cm³/mol. The summed E-state index contributed by atoms with van der Waals surface area (Å²) in [7, 11) is -1.69. The highest BCUT2D eigenvalue weighted by molar-refractivity contribution is 7.92. The number of nitrogens with one attached hydrogen (secondary N) is 1. The Kier molecular flexibility index (Phi) is 8.14. The Morgan fingerprint density at radius 1 is 0.921 bits per heavy atom. The minimum absolute atomic E-state index is 0.150. The Bertz CT molecular complexity index is 1620. The lowest BCUT2D eigenvalue weighted by Crippen LogP contribution is -2.16. The van der Waals surface area contributed by atoms with E-state index in [9.17, 15) is 18.1 Å². The first kappa shape index (κ1) is 27.3. The molecule has 1 N–H and O–H groups in total. The van der Waals surface area contributed by atoms with E-state index in [0.717, 1.165) is 34.1 Å². The number of nitroso groups, excluding NO2 is 1. The lowest BCUT2D eigenvalue weighted by Gasteiger charge is -2.23. The van der Waals surface area contributed by atoms with Gasteiger partial charge in [0, 0.05) is 35.9 Å². The maximum atomic E-state index is 12.0. The number of anilines is 1. The summed E-state index contributed by atoms with van der Waals surface area (Å²) in [5, 5.41) is 4.06. The Balaban J connectivity index is 1.68. The Hall–Kier alpha value is -3.75. The van der Waals surface area contributed by atoms with Gasteiger partial charge in [-0.3, -0.25) is 9.52 Å². The number of aryl methyl sites for hydroxylation is 2. The van der Waals surface area contributed by atoms with Crippen LogP contribution in [0.25, 0.3) is 11.1 Å². The van der Waals surface area contributed by atoms with E-state index in [1.165, 1.54) is 10.6 Å². The number of pyridine rings is 1. The summed E-state index contributed by atoms with van der Waals surface area (Å²) in [5.74, 6) is -0.150.